The van der Waals surface area contributed by atoms with E-state index in [1.165, 1.54) is 16.3 Å². The molecule has 0 aliphatic carbocycles. The van der Waals surface area contributed by atoms with Gasteiger partial charge in [-0.15, -0.1) is 11.3 Å². The number of aromatic nitrogens is 3. The highest BCUT2D eigenvalue weighted by Crippen LogP contribution is 2.37. The number of hydrogen-bond donors (Lipinski definition) is 2. The van der Waals surface area contributed by atoms with Crippen molar-refractivity contribution < 1.29 is 31.1 Å². The molecule has 2 heterocycles. The first-order valence-electron chi connectivity index (χ1n) is 8.01. The summed E-state index contributed by atoms with van der Waals surface area (Å²) in [5, 5.41) is 6.35. The Hall–Kier alpha value is -2.51. The van der Waals surface area contributed by atoms with Gasteiger partial charge in [-0.05, 0) is 18.2 Å². The van der Waals surface area contributed by atoms with Crippen molar-refractivity contribution in [2.24, 2.45) is 0 Å². The first-order valence-corrected chi connectivity index (χ1v) is 9.64. The minimum absolute atomic E-state index is 0.0304. The summed E-state index contributed by atoms with van der Waals surface area (Å²) < 4.78 is 78.9. The van der Waals surface area contributed by atoms with E-state index in [9.17, 15) is 31.1 Å². The van der Waals surface area contributed by atoms with Crippen LogP contribution in [0.15, 0.2) is 29.9 Å². The van der Waals surface area contributed by atoms with Gasteiger partial charge in [-0.3, -0.25) is 5.32 Å². The average Bonchev–Trinajstić information content (AvgIpc) is 3.21. The number of thiazole rings is 1. The number of urea groups is 1. The molecule has 2 N–H and O–H groups in total. The van der Waals surface area contributed by atoms with Gasteiger partial charge in [0, 0.05) is 11.1 Å². The molecule has 166 valence electrons. The highest BCUT2D eigenvalue weighted by molar-refractivity contribution is 7.10. The van der Waals surface area contributed by atoms with Gasteiger partial charge in [0.2, 0.25) is 0 Å². The van der Waals surface area contributed by atoms with E-state index < -0.39 is 35.2 Å². The molecule has 31 heavy (non-hydrogen) atoms. The molecule has 3 aromatic rings. The molecule has 0 unspecified atom stereocenters. The van der Waals surface area contributed by atoms with Crippen LogP contribution in [0.3, 0.4) is 0 Å². The molecule has 3 rings (SSSR count). The first-order chi connectivity index (χ1) is 14.3. The molecule has 0 aliphatic rings. The zero-order valence-electron chi connectivity index (χ0n) is 14.8. The Morgan fingerprint density at radius 3 is 2.16 bits per heavy atom. The van der Waals surface area contributed by atoms with Gasteiger partial charge >= 0.3 is 18.4 Å². The first kappa shape index (κ1) is 23.2. The summed E-state index contributed by atoms with van der Waals surface area (Å²) >= 11 is 12.8. The predicted molar refractivity (Wildman–Crippen MR) is 103 cm³/mol. The Balaban J connectivity index is 1.72. The van der Waals surface area contributed by atoms with E-state index in [4.69, 9.17) is 23.2 Å². The normalized spacial score (nSPS) is 12.1. The summed E-state index contributed by atoms with van der Waals surface area (Å²) in [4.78, 5) is 19.9. The van der Waals surface area contributed by atoms with Crippen LogP contribution in [0.1, 0.15) is 16.1 Å². The standard InChI is InChI=1S/C16H9Cl2F6N5OS/c17-12-13(18)29(6-25-12)4-11-27-10(5-31-11)28-14(30)26-9-2-7(15(19,20)21)1-8(3-9)16(22,23)24/h1-3,5-6H,4H2,(H2,26,28,30). The number of benzene rings is 1. The minimum atomic E-state index is -5.03. The van der Waals surface area contributed by atoms with Gasteiger partial charge in [0.1, 0.15) is 16.0 Å². The van der Waals surface area contributed by atoms with Crippen LogP contribution in [0.25, 0.3) is 0 Å². The lowest BCUT2D eigenvalue weighted by Crippen LogP contribution is -2.21. The fraction of sp³-hybridized carbons (Fsp3) is 0.188. The van der Waals surface area contributed by atoms with E-state index in [-0.39, 0.29) is 28.7 Å². The monoisotopic (exact) mass is 503 g/mol. The van der Waals surface area contributed by atoms with Crippen molar-refractivity contribution in [1.82, 2.24) is 14.5 Å². The molecule has 15 heteroatoms. The predicted octanol–water partition coefficient (Wildman–Crippen LogP) is 6.38. The number of halogens is 8. The highest BCUT2D eigenvalue weighted by atomic mass is 35.5. The quantitative estimate of drug-likeness (QED) is 0.406. The van der Waals surface area contributed by atoms with E-state index in [2.05, 4.69) is 15.3 Å². The van der Waals surface area contributed by atoms with Crippen LogP contribution in [0.5, 0.6) is 0 Å². The van der Waals surface area contributed by atoms with Crippen molar-refractivity contribution in [3.8, 4) is 0 Å². The van der Waals surface area contributed by atoms with Gasteiger partial charge in [-0.1, -0.05) is 23.2 Å². The Labute approximate surface area is 183 Å². The maximum absolute atomic E-state index is 12.9. The van der Waals surface area contributed by atoms with Gasteiger partial charge in [0.15, 0.2) is 5.15 Å². The van der Waals surface area contributed by atoms with Crippen LogP contribution in [0.2, 0.25) is 10.3 Å². The molecule has 0 atom stereocenters. The van der Waals surface area contributed by atoms with E-state index in [0.29, 0.717) is 17.1 Å². The third-order valence-electron chi connectivity index (χ3n) is 3.68. The molecule has 6 nitrogen and oxygen atoms in total. The van der Waals surface area contributed by atoms with Gasteiger partial charge in [0.25, 0.3) is 0 Å². The lowest BCUT2D eigenvalue weighted by atomic mass is 10.1. The molecule has 0 saturated carbocycles. The third-order valence-corrected chi connectivity index (χ3v) is 5.28. The smallest absolute Gasteiger partial charge is 0.313 e. The number of nitrogens with zero attached hydrogens (tertiary/aromatic N) is 3. The fourth-order valence-corrected chi connectivity index (χ4v) is 3.37. The molecule has 0 saturated heterocycles. The van der Waals surface area contributed by atoms with Crippen LogP contribution in [-0.2, 0) is 18.9 Å². The highest BCUT2D eigenvalue weighted by Gasteiger charge is 2.37. The molecular weight excluding hydrogens is 495 g/mol. The minimum Gasteiger partial charge on any atom is -0.313 e. The second kappa shape index (κ2) is 8.55. The van der Waals surface area contributed by atoms with Crippen molar-refractivity contribution in [1.29, 1.82) is 0 Å². The number of carbonyl (C=O) groups excluding carboxylic acids is 1. The van der Waals surface area contributed by atoms with Crippen molar-refractivity contribution in [3.63, 3.8) is 0 Å². The number of carbonyl (C=O) groups is 1. The molecule has 2 amide bonds. The zero-order valence-corrected chi connectivity index (χ0v) is 17.1. The van der Waals surface area contributed by atoms with Gasteiger partial charge < -0.3 is 9.88 Å². The van der Waals surface area contributed by atoms with E-state index in [1.54, 1.807) is 0 Å². The van der Waals surface area contributed by atoms with Crippen LogP contribution in [-0.4, -0.2) is 20.6 Å². The topological polar surface area (TPSA) is 71.8 Å². The van der Waals surface area contributed by atoms with E-state index >= 15 is 0 Å². The summed E-state index contributed by atoms with van der Waals surface area (Å²) in [6.07, 6.45) is -8.69. The molecule has 0 bridgehead atoms. The Morgan fingerprint density at radius 2 is 1.65 bits per heavy atom. The summed E-state index contributed by atoms with van der Waals surface area (Å²) in [5.74, 6) is 0.0304. The number of amides is 2. The largest absolute Gasteiger partial charge is 0.416 e. The van der Waals surface area contributed by atoms with E-state index in [1.807, 2.05) is 5.32 Å². The number of anilines is 2. The summed E-state index contributed by atoms with van der Waals surface area (Å²) in [6.45, 7) is 0.176. The molecule has 0 radical (unpaired) electrons. The molecule has 0 aliphatic heterocycles. The second-order valence-electron chi connectivity index (χ2n) is 5.95. The zero-order chi connectivity index (χ0) is 23.0. The summed E-state index contributed by atoms with van der Waals surface area (Å²) in [7, 11) is 0. The number of alkyl halides is 6. The number of rotatable bonds is 4. The van der Waals surface area contributed by atoms with Crippen molar-refractivity contribution in [3.05, 3.63) is 56.3 Å². The molecule has 2 aromatic heterocycles. The average molecular weight is 504 g/mol. The third kappa shape index (κ3) is 5.80. The van der Waals surface area contributed by atoms with Crippen molar-refractivity contribution in [2.75, 3.05) is 10.6 Å². The van der Waals surface area contributed by atoms with Gasteiger partial charge in [-0.2, -0.15) is 26.3 Å². The van der Waals surface area contributed by atoms with E-state index in [0.717, 1.165) is 11.3 Å². The van der Waals surface area contributed by atoms with Crippen molar-refractivity contribution in [2.45, 2.75) is 18.9 Å². The van der Waals surface area contributed by atoms with Gasteiger partial charge in [-0.25, -0.2) is 14.8 Å². The lowest BCUT2D eigenvalue weighted by Gasteiger charge is -2.14. The second-order valence-corrected chi connectivity index (χ2v) is 7.61. The maximum atomic E-state index is 12.9. The molecule has 0 fully saturated rings. The number of hydrogen-bond acceptors (Lipinski definition) is 4. The summed E-state index contributed by atoms with van der Waals surface area (Å²) in [5.41, 5.74) is -3.79. The SMILES string of the molecule is O=C(Nc1cc(C(F)(F)F)cc(C(F)(F)F)c1)Nc1csc(Cn2cnc(Cl)c2Cl)n1. The van der Waals surface area contributed by atoms with Gasteiger partial charge in [0.05, 0.1) is 24.0 Å². The molecular formula is C16H9Cl2F6N5OS. The van der Waals surface area contributed by atoms with Crippen LogP contribution in [0.4, 0.5) is 42.6 Å². The van der Waals surface area contributed by atoms with Crippen LogP contribution < -0.4 is 10.6 Å². The Morgan fingerprint density at radius 1 is 1.03 bits per heavy atom. The number of nitrogens with one attached hydrogen (secondary N) is 2. The van der Waals surface area contributed by atoms with Crippen molar-refractivity contribution >= 4 is 52.1 Å². The molecule has 0 spiro atoms. The Kier molecular flexibility index (Phi) is 6.39. The summed E-state index contributed by atoms with van der Waals surface area (Å²) in [6, 6.07) is -0.324. The maximum Gasteiger partial charge on any atom is 0.416 e. The van der Waals surface area contributed by atoms with Crippen LogP contribution >= 0.6 is 34.5 Å². The Bertz CT molecular complexity index is 1080. The molecule has 1 aromatic carbocycles. The number of imidazole rings is 1. The van der Waals surface area contributed by atoms with Crippen LogP contribution in [0, 0.1) is 0 Å². The fourth-order valence-electron chi connectivity index (χ4n) is 2.35. The lowest BCUT2D eigenvalue weighted by molar-refractivity contribution is -0.143.